The first-order chi connectivity index (χ1) is 11.9. The topological polar surface area (TPSA) is 51.6 Å². The van der Waals surface area contributed by atoms with Crippen molar-refractivity contribution in [3.05, 3.63) is 88.2 Å². The van der Waals surface area contributed by atoms with Crippen LogP contribution in [-0.2, 0) is 0 Å². The Labute approximate surface area is 149 Å². The standard InChI is InChI=1S/C22H22N2Si/c1-14-6-4-5-7-17(14)22-18-10-8-15(23)12-20(18)25(2,3)21-13-16(24)9-11-19(21)22/h4-13,23H,24H2,1-3H3/p+1. The number of allylic oxidation sites excluding steroid dienone is 5. The number of nitrogens with two attached hydrogens (primary N) is 2. The van der Waals surface area contributed by atoms with E-state index in [0.29, 0.717) is 0 Å². The molecule has 25 heavy (non-hydrogen) atoms. The molecule has 4 rings (SSSR count). The molecule has 1 aliphatic carbocycles. The maximum atomic E-state index is 6.16. The van der Waals surface area contributed by atoms with Crippen molar-refractivity contribution in [3.8, 4) is 0 Å². The number of fused-ring (bicyclic) bond motifs is 2. The highest BCUT2D eigenvalue weighted by molar-refractivity contribution is 6.98. The van der Waals surface area contributed by atoms with Crippen molar-refractivity contribution in [3.63, 3.8) is 0 Å². The Morgan fingerprint density at radius 3 is 2.48 bits per heavy atom. The molecule has 0 amide bonds. The molecule has 3 heteroatoms. The number of aryl methyl sites for hydroxylation is 1. The summed E-state index contributed by atoms with van der Waals surface area (Å²) in [5, 5.41) is 8.94. The van der Waals surface area contributed by atoms with Crippen LogP contribution in [0.5, 0.6) is 0 Å². The van der Waals surface area contributed by atoms with E-state index in [4.69, 9.17) is 11.1 Å². The normalized spacial score (nSPS) is 17.9. The summed E-state index contributed by atoms with van der Waals surface area (Å²) in [5.74, 6) is 0. The second kappa shape index (κ2) is 5.43. The molecule has 2 aromatic rings. The molecule has 0 saturated heterocycles. The van der Waals surface area contributed by atoms with Gasteiger partial charge in [-0.25, -0.2) is 0 Å². The molecule has 0 aromatic heterocycles. The number of benzene rings is 2. The molecule has 0 bridgehead atoms. The first kappa shape index (κ1) is 15.9. The highest BCUT2D eigenvalue weighted by atomic mass is 28.3. The van der Waals surface area contributed by atoms with Gasteiger partial charge in [-0.2, -0.15) is 0 Å². The second-order valence-corrected chi connectivity index (χ2v) is 11.8. The van der Waals surface area contributed by atoms with Crippen LogP contribution in [0.25, 0.3) is 5.57 Å². The highest BCUT2D eigenvalue weighted by Gasteiger charge is 2.40. The minimum absolute atomic E-state index is 0.829. The van der Waals surface area contributed by atoms with E-state index in [1.54, 1.807) is 0 Å². The Kier molecular flexibility index (Phi) is 3.44. The van der Waals surface area contributed by atoms with Crippen LogP contribution in [0.4, 0.5) is 5.69 Å². The molecule has 0 saturated carbocycles. The molecule has 1 aliphatic heterocycles. The third-order valence-electron chi connectivity index (χ3n) is 5.39. The Balaban J connectivity index is 2.14. The number of nitrogen functional groups attached to an aromatic ring is 1. The number of anilines is 1. The summed E-state index contributed by atoms with van der Waals surface area (Å²) >= 11 is 0. The number of hydrogen-bond donors (Lipinski definition) is 2. The summed E-state index contributed by atoms with van der Waals surface area (Å²) in [6.07, 6.45) is 6.39. The highest BCUT2D eigenvalue weighted by Crippen LogP contribution is 2.41. The van der Waals surface area contributed by atoms with E-state index in [0.717, 1.165) is 11.4 Å². The zero-order chi connectivity index (χ0) is 17.8. The van der Waals surface area contributed by atoms with Crippen LogP contribution in [-0.4, -0.2) is 13.8 Å². The molecule has 124 valence electrons. The van der Waals surface area contributed by atoms with Gasteiger partial charge in [-0.15, -0.1) is 0 Å². The maximum absolute atomic E-state index is 6.16. The van der Waals surface area contributed by atoms with E-state index >= 15 is 0 Å². The van der Waals surface area contributed by atoms with Gasteiger partial charge in [-0.1, -0.05) is 43.4 Å². The first-order valence-electron chi connectivity index (χ1n) is 8.63. The van der Waals surface area contributed by atoms with Crippen molar-refractivity contribution in [1.29, 1.82) is 0 Å². The summed E-state index contributed by atoms with van der Waals surface area (Å²) in [7, 11) is -1.87. The minimum atomic E-state index is -1.87. The molecule has 2 aromatic carbocycles. The van der Waals surface area contributed by atoms with Crippen LogP contribution < -0.4 is 16.3 Å². The van der Waals surface area contributed by atoms with E-state index in [2.05, 4.69) is 68.6 Å². The number of hydrogen-bond acceptors (Lipinski definition) is 1. The Bertz CT molecular complexity index is 1010. The predicted molar refractivity (Wildman–Crippen MR) is 109 cm³/mol. The summed E-state index contributed by atoms with van der Waals surface area (Å²) < 4.78 is 0. The molecule has 4 N–H and O–H groups in total. The van der Waals surface area contributed by atoms with Gasteiger partial charge in [0.25, 0.3) is 0 Å². The Hall–Kier alpha value is -2.65. The van der Waals surface area contributed by atoms with E-state index < -0.39 is 8.07 Å². The van der Waals surface area contributed by atoms with Crippen molar-refractivity contribution in [2.24, 2.45) is 0 Å². The van der Waals surface area contributed by atoms with E-state index in [-0.39, 0.29) is 0 Å². The van der Waals surface area contributed by atoms with Gasteiger partial charge in [0.05, 0.1) is 0 Å². The molecule has 1 heterocycles. The fraction of sp³-hybridized carbons (Fsp3) is 0.136. The van der Waals surface area contributed by atoms with Crippen LogP contribution in [0.3, 0.4) is 0 Å². The zero-order valence-electron chi connectivity index (χ0n) is 14.9. The fourth-order valence-electron chi connectivity index (χ4n) is 4.03. The molecule has 2 aliphatic rings. The van der Waals surface area contributed by atoms with E-state index in [9.17, 15) is 0 Å². The second-order valence-electron chi connectivity index (χ2n) is 7.42. The predicted octanol–water partition coefficient (Wildman–Crippen LogP) is 2.54. The molecule has 0 radical (unpaired) electrons. The van der Waals surface area contributed by atoms with Crippen molar-refractivity contribution < 1.29 is 5.41 Å². The average Bonchev–Trinajstić information content (AvgIpc) is 2.58. The number of rotatable bonds is 1. The third-order valence-corrected chi connectivity index (χ3v) is 8.91. The molecular weight excluding hydrogens is 320 g/mol. The van der Waals surface area contributed by atoms with Crippen molar-refractivity contribution in [2.75, 3.05) is 5.73 Å². The zero-order valence-corrected chi connectivity index (χ0v) is 15.9. The van der Waals surface area contributed by atoms with Crippen LogP contribution in [0.2, 0.25) is 13.1 Å². The van der Waals surface area contributed by atoms with Gasteiger partial charge >= 0.3 is 0 Å². The van der Waals surface area contributed by atoms with Gasteiger partial charge in [0.2, 0.25) is 0 Å². The monoisotopic (exact) mass is 343 g/mol. The molecule has 2 nitrogen and oxygen atoms in total. The molecule has 0 atom stereocenters. The van der Waals surface area contributed by atoms with Gasteiger partial charge in [0.1, 0.15) is 8.07 Å². The van der Waals surface area contributed by atoms with E-state index in [1.165, 1.54) is 38.2 Å². The lowest BCUT2D eigenvalue weighted by molar-refractivity contribution is -0.110. The first-order valence-corrected chi connectivity index (χ1v) is 11.6. The quantitative estimate of drug-likeness (QED) is 0.607. The lowest BCUT2D eigenvalue weighted by Crippen LogP contribution is -2.50. The van der Waals surface area contributed by atoms with E-state index in [1.807, 2.05) is 12.1 Å². The van der Waals surface area contributed by atoms with Crippen LogP contribution in [0.15, 0.2) is 71.5 Å². The van der Waals surface area contributed by atoms with Crippen molar-refractivity contribution in [2.45, 2.75) is 20.0 Å². The maximum Gasteiger partial charge on any atom is 0.196 e. The molecule has 0 unspecified atom stereocenters. The minimum Gasteiger partial charge on any atom is -0.399 e. The summed E-state index contributed by atoms with van der Waals surface area (Å²) in [6.45, 7) is 6.95. The van der Waals surface area contributed by atoms with Gasteiger partial charge in [0, 0.05) is 17.8 Å². The molecule has 0 fully saturated rings. The Morgan fingerprint density at radius 1 is 0.960 bits per heavy atom. The summed E-state index contributed by atoms with van der Waals surface area (Å²) in [4.78, 5) is 0. The van der Waals surface area contributed by atoms with Crippen LogP contribution in [0.1, 0.15) is 16.7 Å². The van der Waals surface area contributed by atoms with Crippen molar-refractivity contribution >= 4 is 30.2 Å². The molecule has 0 spiro atoms. The fourth-order valence-corrected chi connectivity index (χ4v) is 7.14. The summed E-state index contributed by atoms with van der Waals surface area (Å²) in [6, 6.07) is 15.0. The van der Waals surface area contributed by atoms with Gasteiger partial charge in [0.15, 0.2) is 5.71 Å². The van der Waals surface area contributed by atoms with Gasteiger partial charge in [-0.05, 0) is 63.4 Å². The van der Waals surface area contributed by atoms with Crippen LogP contribution >= 0.6 is 0 Å². The third kappa shape index (κ3) is 2.35. The smallest absolute Gasteiger partial charge is 0.196 e. The molecular formula is C22H23N2Si+. The summed E-state index contributed by atoms with van der Waals surface area (Å²) in [5.41, 5.74) is 14.3. The van der Waals surface area contributed by atoms with Gasteiger partial charge < -0.3 is 5.73 Å². The SMILES string of the molecule is Cc1ccccc1C1=C2C=CC(=[NH2+])C=C2[Si](C)(C)c2cc(N)ccc21. The Morgan fingerprint density at radius 2 is 1.72 bits per heavy atom. The van der Waals surface area contributed by atoms with Crippen LogP contribution in [0, 0.1) is 6.92 Å². The van der Waals surface area contributed by atoms with Crippen molar-refractivity contribution in [1.82, 2.24) is 0 Å². The largest absolute Gasteiger partial charge is 0.399 e. The lowest BCUT2D eigenvalue weighted by atomic mass is 9.88. The lowest BCUT2D eigenvalue weighted by Gasteiger charge is -2.37. The average molecular weight is 344 g/mol. The van der Waals surface area contributed by atoms with Gasteiger partial charge in [-0.3, -0.25) is 5.41 Å².